The number of nitrogens with zero attached hydrogens (tertiary/aromatic N) is 3. The fourth-order valence-corrected chi connectivity index (χ4v) is 1.33. The molecule has 1 heterocycles. The molecule has 0 saturated heterocycles. The Kier molecular flexibility index (Phi) is 2.38. The van der Waals surface area contributed by atoms with Crippen molar-refractivity contribution in [3.63, 3.8) is 0 Å². The van der Waals surface area contributed by atoms with Gasteiger partial charge < -0.3 is 5.11 Å². The predicted molar refractivity (Wildman–Crippen MR) is 46.9 cm³/mol. The van der Waals surface area contributed by atoms with Crippen LogP contribution in [0.3, 0.4) is 0 Å². The van der Waals surface area contributed by atoms with Crippen LogP contribution in [0.25, 0.3) is 0 Å². The summed E-state index contributed by atoms with van der Waals surface area (Å²) in [4.78, 5) is 1.96. The molecule has 0 aliphatic heterocycles. The first-order chi connectivity index (χ1) is 5.54. The van der Waals surface area contributed by atoms with Crippen LogP contribution in [0, 0.1) is 0 Å². The van der Waals surface area contributed by atoms with E-state index in [1.165, 1.54) is 0 Å². The van der Waals surface area contributed by atoms with E-state index < -0.39 is 6.23 Å². The maximum atomic E-state index is 9.39. The Labute approximate surface area is 72.7 Å². The molecule has 12 heavy (non-hydrogen) atoms. The Bertz CT molecular complexity index is 265. The zero-order valence-electron chi connectivity index (χ0n) is 8.02. The molecular formula is C8H16N3O+. The summed E-state index contributed by atoms with van der Waals surface area (Å²) in [6, 6.07) is 0. The normalized spacial score (nSPS) is 13.1. The van der Waals surface area contributed by atoms with Crippen molar-refractivity contribution in [2.24, 2.45) is 7.05 Å². The Morgan fingerprint density at radius 3 is 2.50 bits per heavy atom. The second kappa shape index (κ2) is 3.15. The van der Waals surface area contributed by atoms with Crippen LogP contribution >= 0.6 is 0 Å². The van der Waals surface area contributed by atoms with E-state index in [0.29, 0.717) is 0 Å². The second-order valence-corrected chi connectivity index (χ2v) is 3.14. The van der Waals surface area contributed by atoms with Gasteiger partial charge in [0.2, 0.25) is 0 Å². The molecule has 0 radical (unpaired) electrons. The summed E-state index contributed by atoms with van der Waals surface area (Å²) in [5.74, 6) is 0.977. The summed E-state index contributed by atoms with van der Waals surface area (Å²) in [7, 11) is 5.86. The summed E-state index contributed by atoms with van der Waals surface area (Å²) in [5.41, 5.74) is 0. The average Bonchev–Trinajstić information content (AvgIpc) is 2.30. The highest BCUT2D eigenvalue weighted by atomic mass is 16.3. The smallest absolute Gasteiger partial charge is 0.361 e. The molecule has 0 fully saturated rings. The van der Waals surface area contributed by atoms with E-state index in [4.69, 9.17) is 0 Å². The molecule has 4 heteroatoms. The highest BCUT2D eigenvalue weighted by Gasteiger charge is 2.18. The molecule has 1 rings (SSSR count). The predicted octanol–water partition coefficient (Wildman–Crippen LogP) is -0.111. The van der Waals surface area contributed by atoms with Gasteiger partial charge in [0.25, 0.3) is 0 Å². The van der Waals surface area contributed by atoms with Gasteiger partial charge in [0, 0.05) is 0 Å². The number of aryl methyl sites for hydroxylation is 1. The molecule has 0 bridgehead atoms. The fraction of sp³-hybridized carbons (Fsp3) is 0.625. The summed E-state index contributed by atoms with van der Waals surface area (Å²) >= 11 is 0. The van der Waals surface area contributed by atoms with Crippen LogP contribution < -0.4 is 9.47 Å². The lowest BCUT2D eigenvalue weighted by molar-refractivity contribution is -0.658. The average molecular weight is 170 g/mol. The van der Waals surface area contributed by atoms with E-state index in [1.807, 2.05) is 43.0 Å². The third kappa shape index (κ3) is 1.43. The molecule has 1 unspecified atom stereocenters. The zero-order chi connectivity index (χ0) is 9.30. The lowest BCUT2D eigenvalue weighted by Crippen LogP contribution is -2.35. The summed E-state index contributed by atoms with van der Waals surface area (Å²) in [6.07, 6.45) is 3.30. The van der Waals surface area contributed by atoms with Gasteiger partial charge in [-0.15, -0.1) is 0 Å². The molecule has 0 aromatic carbocycles. The van der Waals surface area contributed by atoms with Crippen LogP contribution in [0.4, 0.5) is 5.95 Å². The van der Waals surface area contributed by atoms with Crippen molar-refractivity contribution >= 4 is 5.95 Å². The third-order valence-electron chi connectivity index (χ3n) is 1.80. The summed E-state index contributed by atoms with van der Waals surface area (Å²) < 4.78 is 3.77. The number of hydrogen-bond acceptors (Lipinski definition) is 2. The minimum Gasteiger partial charge on any atom is -0.361 e. The van der Waals surface area contributed by atoms with E-state index in [-0.39, 0.29) is 0 Å². The molecule has 4 nitrogen and oxygen atoms in total. The van der Waals surface area contributed by atoms with Gasteiger partial charge in [0.1, 0.15) is 0 Å². The lowest BCUT2D eigenvalue weighted by atomic mass is 10.6. The van der Waals surface area contributed by atoms with Crippen LogP contribution in [-0.4, -0.2) is 23.8 Å². The Hall–Kier alpha value is -1.03. The molecule has 68 valence electrons. The van der Waals surface area contributed by atoms with Crippen molar-refractivity contribution in [1.29, 1.82) is 0 Å². The van der Waals surface area contributed by atoms with Crippen molar-refractivity contribution in [2.45, 2.75) is 13.2 Å². The molecular weight excluding hydrogens is 154 g/mol. The molecule has 0 aliphatic rings. The van der Waals surface area contributed by atoms with Gasteiger partial charge in [-0.2, -0.15) is 0 Å². The SMILES string of the molecule is CC(O)n1cc[n+](C)c1N(C)C. The largest absolute Gasteiger partial charge is 0.361 e. The number of aliphatic hydroxyl groups is 1. The highest BCUT2D eigenvalue weighted by Crippen LogP contribution is 2.10. The van der Waals surface area contributed by atoms with Crippen molar-refractivity contribution in [1.82, 2.24) is 4.57 Å². The van der Waals surface area contributed by atoms with E-state index >= 15 is 0 Å². The van der Waals surface area contributed by atoms with Crippen molar-refractivity contribution in [3.8, 4) is 0 Å². The molecule has 0 aliphatic carbocycles. The van der Waals surface area contributed by atoms with E-state index in [9.17, 15) is 5.11 Å². The number of imidazole rings is 1. The molecule has 1 aromatic heterocycles. The maximum Gasteiger partial charge on any atom is 0.361 e. The van der Waals surface area contributed by atoms with Crippen LogP contribution in [-0.2, 0) is 7.05 Å². The first kappa shape index (κ1) is 9.06. The van der Waals surface area contributed by atoms with Gasteiger partial charge in [-0.3, -0.25) is 4.90 Å². The van der Waals surface area contributed by atoms with Crippen molar-refractivity contribution < 1.29 is 9.67 Å². The van der Waals surface area contributed by atoms with Crippen molar-refractivity contribution in [3.05, 3.63) is 12.4 Å². The topological polar surface area (TPSA) is 32.3 Å². The van der Waals surface area contributed by atoms with Gasteiger partial charge >= 0.3 is 5.95 Å². The quantitative estimate of drug-likeness (QED) is 0.628. The lowest BCUT2D eigenvalue weighted by Gasteiger charge is -2.10. The molecule has 0 saturated carbocycles. The van der Waals surface area contributed by atoms with E-state index in [1.54, 1.807) is 11.5 Å². The maximum absolute atomic E-state index is 9.39. The van der Waals surface area contributed by atoms with Gasteiger partial charge in [-0.05, 0) is 6.92 Å². The number of anilines is 1. The zero-order valence-corrected chi connectivity index (χ0v) is 8.02. The number of aliphatic hydroxyl groups excluding tert-OH is 1. The summed E-state index contributed by atoms with van der Waals surface area (Å²) in [6.45, 7) is 1.74. The van der Waals surface area contributed by atoms with Gasteiger partial charge in [0.05, 0.1) is 33.5 Å². The monoisotopic (exact) mass is 170 g/mol. The van der Waals surface area contributed by atoms with Gasteiger partial charge in [-0.1, -0.05) is 0 Å². The highest BCUT2D eigenvalue weighted by molar-refractivity contribution is 5.21. The third-order valence-corrected chi connectivity index (χ3v) is 1.80. The molecule has 1 aromatic rings. The van der Waals surface area contributed by atoms with Crippen molar-refractivity contribution in [2.75, 3.05) is 19.0 Å². The Balaban J connectivity index is 3.12. The first-order valence-electron chi connectivity index (χ1n) is 3.96. The van der Waals surface area contributed by atoms with Crippen LogP contribution in [0.5, 0.6) is 0 Å². The number of hydrogen-bond donors (Lipinski definition) is 1. The van der Waals surface area contributed by atoms with Crippen LogP contribution in [0.1, 0.15) is 13.2 Å². The van der Waals surface area contributed by atoms with E-state index in [2.05, 4.69) is 0 Å². The van der Waals surface area contributed by atoms with E-state index in [0.717, 1.165) is 5.95 Å². The second-order valence-electron chi connectivity index (χ2n) is 3.14. The molecule has 0 amide bonds. The van der Waals surface area contributed by atoms with Gasteiger partial charge in [-0.25, -0.2) is 9.13 Å². The molecule has 1 atom stereocenters. The summed E-state index contributed by atoms with van der Waals surface area (Å²) in [5, 5.41) is 9.39. The molecule has 1 N–H and O–H groups in total. The Morgan fingerprint density at radius 2 is 2.17 bits per heavy atom. The van der Waals surface area contributed by atoms with Gasteiger partial charge in [0.15, 0.2) is 6.23 Å². The van der Waals surface area contributed by atoms with Crippen LogP contribution in [0.15, 0.2) is 12.4 Å². The standard InChI is InChI=1S/C8H16N3O/c1-7(12)11-6-5-10(4)8(11)9(2)3/h5-7,12H,1-4H3/q+1. The Morgan fingerprint density at radius 1 is 1.58 bits per heavy atom. The van der Waals surface area contributed by atoms with Crippen LogP contribution in [0.2, 0.25) is 0 Å². The first-order valence-corrected chi connectivity index (χ1v) is 3.96. The minimum absolute atomic E-state index is 0.483. The number of aromatic nitrogens is 2. The number of rotatable bonds is 2. The molecule has 0 spiro atoms. The fourth-order valence-electron chi connectivity index (χ4n) is 1.33. The minimum atomic E-state index is -0.483.